The lowest BCUT2D eigenvalue weighted by Crippen LogP contribution is -2.70. The summed E-state index contributed by atoms with van der Waals surface area (Å²) in [4.78, 5) is 0. The van der Waals surface area contributed by atoms with Crippen LogP contribution in [0.4, 0.5) is 26.3 Å². The molecular formula is C16H24F6O2. The number of allylic oxidation sites excluding steroid dienone is 1. The third-order valence-corrected chi connectivity index (χ3v) is 3.89. The molecule has 1 aliphatic rings. The topological polar surface area (TPSA) is 18.5 Å². The lowest BCUT2D eigenvalue weighted by Gasteiger charge is -2.47. The van der Waals surface area contributed by atoms with Crippen molar-refractivity contribution in [3.05, 3.63) is 12.2 Å². The van der Waals surface area contributed by atoms with E-state index in [0.717, 1.165) is 0 Å². The van der Waals surface area contributed by atoms with E-state index < -0.39 is 35.8 Å². The Bertz CT molecular complexity index is 456. The summed E-state index contributed by atoms with van der Waals surface area (Å²) in [6.07, 6.45) is -1.27. The Labute approximate surface area is 138 Å². The first-order valence-corrected chi connectivity index (χ1v) is 8.06. The van der Waals surface area contributed by atoms with Gasteiger partial charge in [-0.05, 0) is 38.8 Å². The van der Waals surface area contributed by atoms with Crippen LogP contribution in [0.2, 0.25) is 0 Å². The minimum Gasteiger partial charge on any atom is -0.335 e. The molecule has 0 heterocycles. The molecule has 0 saturated carbocycles. The summed E-state index contributed by atoms with van der Waals surface area (Å²) in [6.45, 7) is 5.96. The van der Waals surface area contributed by atoms with E-state index in [1.807, 2.05) is 0 Å². The Morgan fingerprint density at radius 3 is 1.71 bits per heavy atom. The van der Waals surface area contributed by atoms with Gasteiger partial charge >= 0.3 is 17.7 Å². The summed E-state index contributed by atoms with van der Waals surface area (Å²) < 4.78 is 94.8. The molecule has 0 amide bonds. The third-order valence-electron chi connectivity index (χ3n) is 3.89. The summed E-state index contributed by atoms with van der Waals surface area (Å²) >= 11 is 0. The highest BCUT2D eigenvalue weighted by Crippen LogP contribution is 2.57. The fourth-order valence-corrected chi connectivity index (χ4v) is 2.62. The zero-order chi connectivity index (χ0) is 18.8. The molecule has 0 spiro atoms. The van der Waals surface area contributed by atoms with Crippen molar-refractivity contribution < 1.29 is 35.8 Å². The maximum absolute atomic E-state index is 15.1. The minimum atomic E-state index is -5.43. The first-order chi connectivity index (χ1) is 10.9. The van der Waals surface area contributed by atoms with Crippen LogP contribution in [-0.2, 0) is 9.47 Å². The normalized spacial score (nSPS) is 34.1. The van der Waals surface area contributed by atoms with Gasteiger partial charge in [0.05, 0.1) is 12.2 Å². The van der Waals surface area contributed by atoms with E-state index in [-0.39, 0.29) is 25.0 Å². The van der Waals surface area contributed by atoms with Crippen molar-refractivity contribution in [3.8, 4) is 0 Å². The Hall–Kier alpha value is -0.760. The molecule has 4 unspecified atom stereocenters. The van der Waals surface area contributed by atoms with Crippen molar-refractivity contribution in [2.45, 2.75) is 89.1 Å². The van der Waals surface area contributed by atoms with Crippen molar-refractivity contribution in [3.63, 3.8) is 0 Å². The first-order valence-electron chi connectivity index (χ1n) is 8.06. The Morgan fingerprint density at radius 2 is 1.25 bits per heavy atom. The summed E-state index contributed by atoms with van der Waals surface area (Å²) in [7, 11) is 0. The molecule has 2 nitrogen and oxygen atoms in total. The lowest BCUT2D eigenvalue weighted by atomic mass is 9.89. The SMILES string of the molecule is CCCC(C)OC1(F)C=CC(F)(F)C(F)(F)C1(F)OC(C)CCC. The molecule has 0 aliphatic heterocycles. The summed E-state index contributed by atoms with van der Waals surface area (Å²) in [5, 5.41) is 0. The van der Waals surface area contributed by atoms with E-state index in [4.69, 9.17) is 4.74 Å². The van der Waals surface area contributed by atoms with Crippen LogP contribution in [0, 0.1) is 0 Å². The predicted molar refractivity (Wildman–Crippen MR) is 77.6 cm³/mol. The molecule has 24 heavy (non-hydrogen) atoms. The van der Waals surface area contributed by atoms with Gasteiger partial charge in [-0.15, -0.1) is 0 Å². The van der Waals surface area contributed by atoms with Gasteiger partial charge in [-0.3, -0.25) is 0 Å². The zero-order valence-electron chi connectivity index (χ0n) is 14.2. The average molecular weight is 362 g/mol. The zero-order valence-corrected chi connectivity index (χ0v) is 14.2. The van der Waals surface area contributed by atoms with E-state index in [2.05, 4.69) is 4.74 Å². The van der Waals surface area contributed by atoms with Crippen molar-refractivity contribution in [2.75, 3.05) is 0 Å². The van der Waals surface area contributed by atoms with Gasteiger partial charge in [-0.2, -0.15) is 22.0 Å². The quantitative estimate of drug-likeness (QED) is 0.415. The fourth-order valence-electron chi connectivity index (χ4n) is 2.62. The Morgan fingerprint density at radius 1 is 0.792 bits per heavy atom. The highest BCUT2D eigenvalue weighted by atomic mass is 19.3. The van der Waals surface area contributed by atoms with Gasteiger partial charge in [-0.25, -0.2) is 4.39 Å². The molecule has 142 valence electrons. The van der Waals surface area contributed by atoms with E-state index in [0.29, 0.717) is 12.8 Å². The predicted octanol–water partition coefficient (Wildman–Crippen LogP) is 5.57. The third kappa shape index (κ3) is 3.59. The molecule has 1 rings (SSSR count). The summed E-state index contributed by atoms with van der Waals surface area (Å²) in [6, 6.07) is 0. The van der Waals surface area contributed by atoms with Gasteiger partial charge in [0.25, 0.3) is 5.85 Å². The smallest absolute Gasteiger partial charge is 0.335 e. The molecule has 1 aliphatic carbocycles. The minimum absolute atomic E-state index is 0.00473. The lowest BCUT2D eigenvalue weighted by molar-refractivity contribution is -0.426. The monoisotopic (exact) mass is 362 g/mol. The van der Waals surface area contributed by atoms with Gasteiger partial charge in [0.2, 0.25) is 0 Å². The number of alkyl halides is 6. The standard InChI is InChI=1S/C16H24F6O2/c1-5-7-11(3)23-14(19)10-9-13(17,18)15(20,21)16(14,22)24-12(4)8-6-2/h9-12H,5-8H2,1-4H3. The Kier molecular flexibility index (Phi) is 6.42. The average Bonchev–Trinajstić information content (AvgIpc) is 2.44. The van der Waals surface area contributed by atoms with Crippen molar-refractivity contribution >= 4 is 0 Å². The molecule has 0 fully saturated rings. The number of hydrogen-bond donors (Lipinski definition) is 0. The van der Waals surface area contributed by atoms with Crippen LogP contribution in [0.15, 0.2) is 12.2 Å². The van der Waals surface area contributed by atoms with Gasteiger partial charge < -0.3 is 9.47 Å². The second-order valence-corrected chi connectivity index (χ2v) is 6.21. The van der Waals surface area contributed by atoms with Crippen LogP contribution < -0.4 is 0 Å². The summed E-state index contributed by atoms with van der Waals surface area (Å²) in [5.74, 6) is -18.8. The number of rotatable bonds is 8. The van der Waals surface area contributed by atoms with Gasteiger partial charge in [0.15, 0.2) is 0 Å². The maximum Gasteiger partial charge on any atom is 0.377 e. The van der Waals surface area contributed by atoms with Gasteiger partial charge in [0.1, 0.15) is 0 Å². The van der Waals surface area contributed by atoms with Crippen LogP contribution in [-0.4, -0.2) is 35.8 Å². The highest BCUT2D eigenvalue weighted by molar-refractivity contribution is 5.24. The molecule has 0 aromatic carbocycles. The van der Waals surface area contributed by atoms with Crippen LogP contribution in [0.1, 0.15) is 53.4 Å². The highest BCUT2D eigenvalue weighted by Gasteiger charge is 2.81. The van der Waals surface area contributed by atoms with E-state index in [1.54, 1.807) is 13.8 Å². The first kappa shape index (κ1) is 21.3. The number of ether oxygens (including phenoxy) is 2. The van der Waals surface area contributed by atoms with Gasteiger partial charge in [0, 0.05) is 0 Å². The molecule has 0 aromatic rings. The fraction of sp³-hybridized carbons (Fsp3) is 0.875. The molecular weight excluding hydrogens is 338 g/mol. The van der Waals surface area contributed by atoms with Gasteiger partial charge in [-0.1, -0.05) is 26.7 Å². The molecule has 0 bridgehead atoms. The molecule has 0 radical (unpaired) electrons. The number of hydrogen-bond acceptors (Lipinski definition) is 2. The second kappa shape index (κ2) is 7.23. The van der Waals surface area contributed by atoms with Crippen molar-refractivity contribution in [1.82, 2.24) is 0 Å². The number of halogens is 6. The van der Waals surface area contributed by atoms with E-state index in [1.165, 1.54) is 13.8 Å². The molecule has 0 saturated heterocycles. The molecule has 0 N–H and O–H groups in total. The molecule has 4 atom stereocenters. The van der Waals surface area contributed by atoms with E-state index in [9.17, 15) is 17.6 Å². The second-order valence-electron chi connectivity index (χ2n) is 6.21. The Balaban J connectivity index is 3.32. The van der Waals surface area contributed by atoms with Crippen molar-refractivity contribution in [2.24, 2.45) is 0 Å². The molecule has 0 aromatic heterocycles. The summed E-state index contributed by atoms with van der Waals surface area (Å²) in [5.41, 5.74) is 0. The van der Waals surface area contributed by atoms with Crippen molar-refractivity contribution in [1.29, 1.82) is 0 Å². The van der Waals surface area contributed by atoms with Crippen LogP contribution >= 0.6 is 0 Å². The maximum atomic E-state index is 15.1. The van der Waals surface area contributed by atoms with E-state index >= 15 is 8.78 Å². The van der Waals surface area contributed by atoms with Crippen LogP contribution in [0.3, 0.4) is 0 Å². The van der Waals surface area contributed by atoms with Crippen LogP contribution in [0.25, 0.3) is 0 Å². The van der Waals surface area contributed by atoms with Crippen LogP contribution in [0.5, 0.6) is 0 Å². The largest absolute Gasteiger partial charge is 0.377 e. The molecule has 8 heteroatoms.